The van der Waals surface area contributed by atoms with E-state index in [2.05, 4.69) is 25.8 Å². The molecule has 1 heterocycles. The van der Waals surface area contributed by atoms with Gasteiger partial charge in [0.25, 0.3) is 0 Å². The fourth-order valence-corrected chi connectivity index (χ4v) is 3.24. The van der Waals surface area contributed by atoms with Gasteiger partial charge < -0.3 is 14.6 Å². The lowest BCUT2D eigenvalue weighted by molar-refractivity contribution is -0.205. The number of aliphatic hydroxyl groups is 1. The monoisotopic (exact) mass is 257 g/mol. The van der Waals surface area contributed by atoms with E-state index in [-0.39, 0.29) is 12.1 Å². The number of hydrogen-bond donors (Lipinski definition) is 1. The van der Waals surface area contributed by atoms with Crippen LogP contribution in [0.4, 0.5) is 0 Å². The zero-order valence-corrected chi connectivity index (χ0v) is 11.9. The van der Waals surface area contributed by atoms with E-state index >= 15 is 0 Å². The second kappa shape index (κ2) is 5.87. The number of nitrogens with zero attached hydrogens (tertiary/aromatic N) is 1. The van der Waals surface area contributed by atoms with Crippen molar-refractivity contribution in [2.75, 3.05) is 20.3 Å². The Morgan fingerprint density at radius 2 is 2.06 bits per heavy atom. The second-order valence-electron chi connectivity index (χ2n) is 5.79. The summed E-state index contributed by atoms with van der Waals surface area (Å²) in [6, 6.07) is 0.643. The normalized spacial score (nSPS) is 33.2. The maximum atomic E-state index is 10.2. The number of ether oxygens (including phenoxy) is 2. The zero-order chi connectivity index (χ0) is 13.2. The van der Waals surface area contributed by atoms with Crippen LogP contribution in [-0.2, 0) is 9.47 Å². The van der Waals surface area contributed by atoms with Gasteiger partial charge in [0.05, 0.1) is 19.3 Å². The van der Waals surface area contributed by atoms with Gasteiger partial charge in [-0.15, -0.1) is 0 Å². The van der Waals surface area contributed by atoms with Crippen LogP contribution in [0.1, 0.15) is 46.0 Å². The van der Waals surface area contributed by atoms with E-state index in [0.29, 0.717) is 19.3 Å². The molecule has 1 N–H and O–H groups in total. The van der Waals surface area contributed by atoms with Crippen LogP contribution in [0.15, 0.2) is 0 Å². The van der Waals surface area contributed by atoms with E-state index in [1.807, 2.05) is 0 Å². The molecular weight excluding hydrogens is 230 g/mol. The lowest BCUT2D eigenvalue weighted by Gasteiger charge is -2.44. The fourth-order valence-electron chi connectivity index (χ4n) is 3.24. The highest BCUT2D eigenvalue weighted by Gasteiger charge is 2.46. The Morgan fingerprint density at radius 3 is 2.67 bits per heavy atom. The summed E-state index contributed by atoms with van der Waals surface area (Å²) in [5, 5.41) is 10.2. The first kappa shape index (κ1) is 14.3. The van der Waals surface area contributed by atoms with Gasteiger partial charge in [-0.3, -0.25) is 4.90 Å². The molecule has 0 radical (unpaired) electrons. The summed E-state index contributed by atoms with van der Waals surface area (Å²) in [4.78, 5) is 2.31. The third-order valence-corrected chi connectivity index (χ3v) is 4.52. The SMILES string of the molecule is CCCC(C)N(C)C1CC2(CCC1O)OCCO2. The first-order valence-corrected chi connectivity index (χ1v) is 7.26. The van der Waals surface area contributed by atoms with Crippen LogP contribution in [0.2, 0.25) is 0 Å². The molecule has 4 nitrogen and oxygen atoms in total. The van der Waals surface area contributed by atoms with Crippen LogP contribution < -0.4 is 0 Å². The van der Waals surface area contributed by atoms with Crippen molar-refractivity contribution in [3.8, 4) is 0 Å². The molecule has 2 rings (SSSR count). The van der Waals surface area contributed by atoms with Crippen molar-refractivity contribution in [1.29, 1.82) is 0 Å². The molecular formula is C14H27NO3. The molecule has 106 valence electrons. The van der Waals surface area contributed by atoms with Crippen LogP contribution in [0.5, 0.6) is 0 Å². The molecule has 1 saturated heterocycles. The largest absolute Gasteiger partial charge is 0.391 e. The Hall–Kier alpha value is -0.160. The Kier molecular flexibility index (Phi) is 4.64. The Morgan fingerprint density at radius 1 is 1.39 bits per heavy atom. The average molecular weight is 257 g/mol. The van der Waals surface area contributed by atoms with Crippen LogP contribution in [0.25, 0.3) is 0 Å². The fraction of sp³-hybridized carbons (Fsp3) is 1.00. The number of rotatable bonds is 4. The van der Waals surface area contributed by atoms with Gasteiger partial charge in [0.2, 0.25) is 0 Å². The maximum Gasteiger partial charge on any atom is 0.170 e. The topological polar surface area (TPSA) is 41.9 Å². The van der Waals surface area contributed by atoms with E-state index in [0.717, 1.165) is 25.7 Å². The number of aliphatic hydroxyl groups excluding tert-OH is 1. The highest BCUT2D eigenvalue weighted by atomic mass is 16.7. The summed E-state index contributed by atoms with van der Waals surface area (Å²) < 4.78 is 11.6. The van der Waals surface area contributed by atoms with Crippen molar-refractivity contribution in [2.24, 2.45) is 0 Å². The molecule has 1 aliphatic carbocycles. The van der Waals surface area contributed by atoms with Crippen molar-refractivity contribution in [3.63, 3.8) is 0 Å². The van der Waals surface area contributed by atoms with Crippen LogP contribution in [0, 0.1) is 0 Å². The lowest BCUT2D eigenvalue weighted by atomic mass is 9.86. The molecule has 1 saturated carbocycles. The molecule has 3 unspecified atom stereocenters. The van der Waals surface area contributed by atoms with Crippen molar-refractivity contribution in [3.05, 3.63) is 0 Å². The van der Waals surface area contributed by atoms with E-state index in [9.17, 15) is 5.11 Å². The zero-order valence-electron chi connectivity index (χ0n) is 11.9. The lowest BCUT2D eigenvalue weighted by Crippen LogP contribution is -2.54. The Bertz CT molecular complexity index is 266. The predicted octanol–water partition coefficient (Wildman–Crippen LogP) is 1.76. The van der Waals surface area contributed by atoms with Crippen LogP contribution >= 0.6 is 0 Å². The Balaban J connectivity index is 2.00. The number of hydrogen-bond acceptors (Lipinski definition) is 4. The highest BCUT2D eigenvalue weighted by molar-refractivity contribution is 4.93. The summed E-state index contributed by atoms with van der Waals surface area (Å²) in [5.74, 6) is -0.413. The molecule has 0 aromatic rings. The average Bonchev–Trinajstić information content (AvgIpc) is 2.81. The minimum absolute atomic E-state index is 0.151. The first-order chi connectivity index (χ1) is 8.58. The van der Waals surface area contributed by atoms with Crippen LogP contribution in [-0.4, -0.2) is 54.2 Å². The number of likely N-dealkylation sites (N-methyl/N-ethyl adjacent to an activating group) is 1. The molecule has 0 bridgehead atoms. The molecule has 0 amide bonds. The minimum Gasteiger partial charge on any atom is -0.391 e. The van der Waals surface area contributed by atoms with Gasteiger partial charge >= 0.3 is 0 Å². The minimum atomic E-state index is -0.413. The van der Waals surface area contributed by atoms with Gasteiger partial charge in [0.1, 0.15) is 0 Å². The van der Waals surface area contributed by atoms with Gasteiger partial charge in [-0.2, -0.15) is 0 Å². The predicted molar refractivity (Wildman–Crippen MR) is 70.4 cm³/mol. The van der Waals surface area contributed by atoms with Gasteiger partial charge in [-0.05, 0) is 26.8 Å². The first-order valence-electron chi connectivity index (χ1n) is 7.26. The van der Waals surface area contributed by atoms with E-state index in [1.165, 1.54) is 6.42 Å². The molecule has 4 heteroatoms. The molecule has 1 aliphatic heterocycles. The third-order valence-electron chi connectivity index (χ3n) is 4.52. The van der Waals surface area contributed by atoms with E-state index < -0.39 is 5.79 Å². The van der Waals surface area contributed by atoms with Crippen molar-refractivity contribution in [1.82, 2.24) is 4.90 Å². The maximum absolute atomic E-state index is 10.2. The summed E-state index contributed by atoms with van der Waals surface area (Å²) in [6.07, 6.45) is 4.46. The summed E-state index contributed by atoms with van der Waals surface area (Å²) in [7, 11) is 2.11. The third kappa shape index (κ3) is 2.87. The molecule has 2 fully saturated rings. The van der Waals surface area contributed by atoms with Gasteiger partial charge in [-0.1, -0.05) is 13.3 Å². The van der Waals surface area contributed by atoms with Gasteiger partial charge in [0.15, 0.2) is 5.79 Å². The van der Waals surface area contributed by atoms with Gasteiger partial charge in [-0.25, -0.2) is 0 Å². The van der Waals surface area contributed by atoms with Crippen molar-refractivity contribution < 1.29 is 14.6 Å². The summed E-state index contributed by atoms with van der Waals surface area (Å²) in [5.41, 5.74) is 0. The Labute approximate surface area is 110 Å². The summed E-state index contributed by atoms with van der Waals surface area (Å²) >= 11 is 0. The smallest absolute Gasteiger partial charge is 0.170 e. The molecule has 0 aromatic heterocycles. The second-order valence-corrected chi connectivity index (χ2v) is 5.79. The quantitative estimate of drug-likeness (QED) is 0.833. The van der Waals surface area contributed by atoms with Crippen molar-refractivity contribution >= 4 is 0 Å². The van der Waals surface area contributed by atoms with E-state index in [1.54, 1.807) is 0 Å². The molecule has 3 atom stereocenters. The molecule has 0 aromatic carbocycles. The van der Waals surface area contributed by atoms with Crippen LogP contribution in [0.3, 0.4) is 0 Å². The standard InChI is InChI=1S/C14H27NO3/c1-4-5-11(2)15(3)12-10-14(7-6-13(12)16)17-8-9-18-14/h11-13,16H,4-10H2,1-3H3. The highest BCUT2D eigenvalue weighted by Crippen LogP contribution is 2.38. The van der Waals surface area contributed by atoms with Crippen molar-refractivity contribution in [2.45, 2.75) is 69.9 Å². The molecule has 18 heavy (non-hydrogen) atoms. The summed E-state index contributed by atoms with van der Waals surface area (Å²) in [6.45, 7) is 5.81. The molecule has 2 aliphatic rings. The van der Waals surface area contributed by atoms with E-state index in [4.69, 9.17) is 9.47 Å². The van der Waals surface area contributed by atoms with Gasteiger partial charge in [0, 0.05) is 24.9 Å². The molecule has 1 spiro atoms.